The zero-order valence-electron chi connectivity index (χ0n) is 6.20. The number of carbonyl (C=O) groups is 1. The third-order valence-corrected chi connectivity index (χ3v) is 1.11. The van der Waals surface area contributed by atoms with Gasteiger partial charge in [0.2, 0.25) is 12.2 Å². The van der Waals surface area contributed by atoms with Gasteiger partial charge in [-0.3, -0.25) is 9.59 Å². The lowest BCUT2D eigenvalue weighted by molar-refractivity contribution is -0.120. The molecule has 0 spiro atoms. The van der Waals surface area contributed by atoms with Gasteiger partial charge >= 0.3 is 0 Å². The van der Waals surface area contributed by atoms with Crippen LogP contribution in [0.25, 0.3) is 0 Å². The molecule has 63 valence electrons. The number of nitrogens with two attached hydrogens (primary N) is 1. The third kappa shape index (κ3) is 3.69. The van der Waals surface area contributed by atoms with Crippen molar-refractivity contribution in [2.45, 2.75) is 19.1 Å². The quantitative estimate of drug-likeness (QED) is 0.439. The molecule has 0 heterocycles. The van der Waals surface area contributed by atoms with Crippen molar-refractivity contribution in [3.05, 3.63) is 0 Å². The first-order valence-corrected chi connectivity index (χ1v) is 3.17. The monoisotopic (exact) mass is 159 g/mol. The Balaban J connectivity index is 3.87. The molecular formula is C6H11N2O3. The summed E-state index contributed by atoms with van der Waals surface area (Å²) in [4.78, 5) is 20.6. The molecule has 11 heavy (non-hydrogen) atoms. The molecule has 0 bridgehead atoms. The molecule has 0 fully saturated rings. The summed E-state index contributed by atoms with van der Waals surface area (Å²) in [6.07, 6.45) is 0.538. The molecule has 0 aromatic rings. The van der Waals surface area contributed by atoms with Gasteiger partial charge in [0.25, 0.3) is 0 Å². The molecule has 1 radical (unpaired) electrons. The van der Waals surface area contributed by atoms with Crippen LogP contribution in [0.1, 0.15) is 6.92 Å². The van der Waals surface area contributed by atoms with Crippen LogP contribution in [-0.2, 0) is 9.59 Å². The van der Waals surface area contributed by atoms with E-state index in [0.29, 0.717) is 0 Å². The van der Waals surface area contributed by atoms with Crippen LogP contribution in [0, 0.1) is 0 Å². The number of hydrogen-bond donors (Lipinski definition) is 3. The highest BCUT2D eigenvalue weighted by Gasteiger charge is 2.16. The molecule has 0 aliphatic rings. The van der Waals surface area contributed by atoms with E-state index in [0.717, 1.165) is 0 Å². The predicted molar refractivity (Wildman–Crippen MR) is 38.4 cm³/mol. The summed E-state index contributed by atoms with van der Waals surface area (Å²) >= 11 is 0. The first-order valence-electron chi connectivity index (χ1n) is 3.17. The van der Waals surface area contributed by atoms with Gasteiger partial charge < -0.3 is 16.2 Å². The van der Waals surface area contributed by atoms with Crippen molar-refractivity contribution in [3.8, 4) is 0 Å². The molecule has 1 amide bonds. The van der Waals surface area contributed by atoms with Gasteiger partial charge in [-0.2, -0.15) is 0 Å². The van der Waals surface area contributed by atoms with Crippen molar-refractivity contribution in [3.63, 3.8) is 0 Å². The van der Waals surface area contributed by atoms with E-state index < -0.39 is 18.1 Å². The van der Waals surface area contributed by atoms with Gasteiger partial charge in [0.15, 0.2) is 0 Å². The molecule has 0 saturated heterocycles. The maximum Gasteiger partial charge on any atom is 0.234 e. The maximum atomic E-state index is 10.6. The minimum Gasteiger partial charge on any atom is -0.391 e. The minimum absolute atomic E-state index is 0.203. The van der Waals surface area contributed by atoms with E-state index in [4.69, 9.17) is 10.8 Å². The first kappa shape index (κ1) is 10.1. The number of nitrogens with one attached hydrogen (secondary N) is 1. The summed E-state index contributed by atoms with van der Waals surface area (Å²) in [6, 6.07) is -0.981. The van der Waals surface area contributed by atoms with Gasteiger partial charge in [-0.05, 0) is 6.92 Å². The summed E-state index contributed by atoms with van der Waals surface area (Å²) in [5.74, 6) is -0.487. The first-order chi connectivity index (χ1) is 5.11. The smallest absolute Gasteiger partial charge is 0.234 e. The summed E-state index contributed by atoms with van der Waals surface area (Å²) in [5, 5.41) is 11.0. The second-order valence-electron chi connectivity index (χ2n) is 2.11. The minimum atomic E-state index is -0.981. The van der Waals surface area contributed by atoms with Crippen LogP contribution in [0.5, 0.6) is 0 Å². The fraction of sp³-hybridized carbons (Fsp3) is 0.667. The molecule has 5 heteroatoms. The maximum absolute atomic E-state index is 10.6. The van der Waals surface area contributed by atoms with Crippen LogP contribution in [0.4, 0.5) is 0 Å². The second kappa shape index (κ2) is 4.81. The summed E-state index contributed by atoms with van der Waals surface area (Å²) in [5.41, 5.74) is 4.95. The van der Waals surface area contributed by atoms with Crippen molar-refractivity contribution < 1.29 is 14.7 Å². The average Bonchev–Trinajstić information content (AvgIpc) is 1.99. The molecule has 0 aliphatic heterocycles. The van der Waals surface area contributed by atoms with Crippen LogP contribution < -0.4 is 11.1 Å². The van der Waals surface area contributed by atoms with E-state index >= 15 is 0 Å². The average molecular weight is 159 g/mol. The van der Waals surface area contributed by atoms with E-state index in [1.807, 2.05) is 0 Å². The van der Waals surface area contributed by atoms with Crippen molar-refractivity contribution >= 4 is 12.2 Å². The fourth-order valence-electron chi connectivity index (χ4n) is 0.481. The van der Waals surface area contributed by atoms with Gasteiger partial charge in [-0.15, -0.1) is 0 Å². The van der Waals surface area contributed by atoms with Crippen molar-refractivity contribution in [2.75, 3.05) is 6.54 Å². The van der Waals surface area contributed by atoms with E-state index in [-0.39, 0.29) is 6.54 Å². The molecule has 5 nitrogen and oxygen atoms in total. The van der Waals surface area contributed by atoms with Crippen LogP contribution in [0.2, 0.25) is 0 Å². The molecule has 0 saturated carbocycles. The van der Waals surface area contributed by atoms with Gasteiger partial charge in [0.1, 0.15) is 6.04 Å². The molecule has 2 atom stereocenters. The second-order valence-corrected chi connectivity index (χ2v) is 2.11. The lowest BCUT2D eigenvalue weighted by Gasteiger charge is -2.13. The Morgan fingerprint density at radius 2 is 2.36 bits per heavy atom. The zero-order chi connectivity index (χ0) is 8.85. The normalized spacial score (nSPS) is 15.2. The Morgan fingerprint density at radius 3 is 2.64 bits per heavy atom. The molecule has 0 rings (SSSR count). The van der Waals surface area contributed by atoms with E-state index in [9.17, 15) is 9.59 Å². The van der Waals surface area contributed by atoms with Crippen molar-refractivity contribution in [2.24, 2.45) is 5.73 Å². The Labute approximate surface area is 64.6 Å². The number of amides is 1. The van der Waals surface area contributed by atoms with Crippen LogP contribution in [0.15, 0.2) is 0 Å². The number of carbonyl (C=O) groups excluding carboxylic acids is 2. The lowest BCUT2D eigenvalue weighted by Crippen LogP contribution is -2.45. The summed E-state index contributed by atoms with van der Waals surface area (Å²) in [6.45, 7) is 1.18. The number of aliphatic hydroxyl groups is 1. The Hall–Kier alpha value is -0.940. The number of hydrogen-bond acceptors (Lipinski definition) is 4. The van der Waals surface area contributed by atoms with E-state index in [2.05, 4.69) is 5.32 Å². The molecule has 4 N–H and O–H groups in total. The number of aliphatic hydroxyl groups excluding tert-OH is 1. The Kier molecular flexibility index (Phi) is 4.40. The topological polar surface area (TPSA) is 92.4 Å². The fourth-order valence-corrected chi connectivity index (χ4v) is 0.481. The van der Waals surface area contributed by atoms with Crippen LogP contribution in [0.3, 0.4) is 0 Å². The standard InChI is InChI=1S/C6H11N2O3/c1-4(10)5(3-9)8-6(11)2-7/h4-5,10H,2,7H2,1H3,(H,8,11)/t4-,5-/m1/s1. The summed E-state index contributed by atoms with van der Waals surface area (Å²) < 4.78 is 0. The third-order valence-electron chi connectivity index (χ3n) is 1.11. The molecule has 0 aliphatic carbocycles. The van der Waals surface area contributed by atoms with Gasteiger partial charge in [-0.25, -0.2) is 0 Å². The zero-order valence-corrected chi connectivity index (χ0v) is 6.20. The highest BCUT2D eigenvalue weighted by Crippen LogP contribution is 1.87. The summed E-state index contributed by atoms with van der Waals surface area (Å²) in [7, 11) is 0. The molecule has 0 aromatic heterocycles. The lowest BCUT2D eigenvalue weighted by atomic mass is 10.2. The highest BCUT2D eigenvalue weighted by atomic mass is 16.3. The van der Waals surface area contributed by atoms with Crippen LogP contribution >= 0.6 is 0 Å². The SMILES string of the molecule is C[C@@H](O)[C@@H]([C]=O)NC(=O)CN. The largest absolute Gasteiger partial charge is 0.391 e. The molecular weight excluding hydrogens is 148 g/mol. The van der Waals surface area contributed by atoms with Gasteiger partial charge in [0.05, 0.1) is 12.6 Å². The van der Waals surface area contributed by atoms with Crippen molar-refractivity contribution in [1.82, 2.24) is 5.32 Å². The molecule has 0 unspecified atom stereocenters. The highest BCUT2D eigenvalue weighted by molar-refractivity contribution is 5.81. The van der Waals surface area contributed by atoms with E-state index in [1.54, 1.807) is 0 Å². The van der Waals surface area contributed by atoms with E-state index in [1.165, 1.54) is 13.2 Å². The Morgan fingerprint density at radius 1 is 1.82 bits per heavy atom. The van der Waals surface area contributed by atoms with Crippen LogP contribution in [-0.4, -0.2) is 36.0 Å². The van der Waals surface area contributed by atoms with Gasteiger partial charge in [0, 0.05) is 0 Å². The Bertz CT molecular complexity index is 147. The van der Waals surface area contributed by atoms with Crippen molar-refractivity contribution in [1.29, 1.82) is 0 Å². The van der Waals surface area contributed by atoms with Gasteiger partial charge in [-0.1, -0.05) is 0 Å². The predicted octanol–water partition coefficient (Wildman–Crippen LogP) is -2.08. The number of rotatable bonds is 4. The molecule has 0 aromatic carbocycles.